The third-order valence-corrected chi connectivity index (χ3v) is 4.30. The van der Waals surface area contributed by atoms with Crippen molar-refractivity contribution in [2.24, 2.45) is 11.8 Å². The molecule has 0 spiro atoms. The second-order valence-electron chi connectivity index (χ2n) is 5.27. The zero-order chi connectivity index (χ0) is 13.3. The van der Waals surface area contributed by atoms with Gasteiger partial charge < -0.3 is 5.32 Å². The summed E-state index contributed by atoms with van der Waals surface area (Å²) in [6.45, 7) is 1.57. The molecule has 1 N–H and O–H groups in total. The summed E-state index contributed by atoms with van der Waals surface area (Å²) in [4.78, 5) is 25.5. The lowest BCUT2D eigenvalue weighted by molar-refractivity contribution is 0.0624. The van der Waals surface area contributed by atoms with Crippen LogP contribution >= 0.6 is 0 Å². The van der Waals surface area contributed by atoms with Crippen LogP contribution in [0.25, 0.3) is 0 Å². The van der Waals surface area contributed by atoms with E-state index in [0.29, 0.717) is 0 Å². The minimum atomic E-state index is -1.10. The summed E-state index contributed by atoms with van der Waals surface area (Å²) in [6.07, 6.45) is 0. The summed E-state index contributed by atoms with van der Waals surface area (Å²) in [7, 11) is 0. The van der Waals surface area contributed by atoms with Gasteiger partial charge in [0.1, 0.15) is 0 Å². The summed E-state index contributed by atoms with van der Waals surface area (Å²) in [5.74, 6) is -2.62. The van der Waals surface area contributed by atoms with Crippen molar-refractivity contribution in [3.05, 3.63) is 34.9 Å². The molecule has 2 amide bonds. The fraction of sp³-hybridized carbons (Fsp3) is 0.385. The highest BCUT2D eigenvalue weighted by atomic mass is 19.2. The lowest BCUT2D eigenvalue weighted by atomic mass is 10.1. The maximum atomic E-state index is 13.2. The third kappa shape index (κ3) is 1.29. The van der Waals surface area contributed by atoms with Crippen molar-refractivity contribution in [3.63, 3.8) is 0 Å². The molecule has 2 aliphatic heterocycles. The number of fused-ring (bicyclic) bond motifs is 2. The van der Waals surface area contributed by atoms with Crippen molar-refractivity contribution < 1.29 is 18.4 Å². The molecule has 3 aliphatic rings. The molecular weight excluding hydrogens is 254 g/mol. The van der Waals surface area contributed by atoms with Gasteiger partial charge in [0, 0.05) is 19.1 Å². The Morgan fingerprint density at radius 1 is 1.00 bits per heavy atom. The van der Waals surface area contributed by atoms with E-state index in [-0.39, 0.29) is 29.0 Å². The molecule has 2 atom stereocenters. The molecule has 2 unspecified atom stereocenters. The number of imide groups is 1. The van der Waals surface area contributed by atoms with Gasteiger partial charge in [-0.2, -0.15) is 0 Å². The van der Waals surface area contributed by atoms with Gasteiger partial charge in [-0.25, -0.2) is 8.78 Å². The van der Waals surface area contributed by atoms with Crippen molar-refractivity contribution >= 4 is 11.8 Å². The number of piperidine rings is 1. The highest BCUT2D eigenvalue weighted by Crippen LogP contribution is 2.48. The van der Waals surface area contributed by atoms with Crippen molar-refractivity contribution in [1.82, 2.24) is 10.2 Å². The highest BCUT2D eigenvalue weighted by molar-refractivity contribution is 6.21. The van der Waals surface area contributed by atoms with Crippen LogP contribution in [0.15, 0.2) is 12.1 Å². The molecule has 1 saturated heterocycles. The van der Waals surface area contributed by atoms with Crippen molar-refractivity contribution in [2.45, 2.75) is 6.04 Å². The summed E-state index contributed by atoms with van der Waals surface area (Å²) in [6, 6.07) is 1.53. The normalized spacial score (nSPS) is 31.7. The molecule has 0 radical (unpaired) electrons. The zero-order valence-corrected chi connectivity index (χ0v) is 9.82. The summed E-state index contributed by atoms with van der Waals surface area (Å²) >= 11 is 0. The molecule has 1 saturated carbocycles. The van der Waals surface area contributed by atoms with E-state index in [0.717, 1.165) is 25.2 Å². The van der Waals surface area contributed by atoms with Gasteiger partial charge in [0.25, 0.3) is 11.8 Å². The Morgan fingerprint density at radius 3 is 1.95 bits per heavy atom. The number of benzene rings is 1. The van der Waals surface area contributed by atoms with Gasteiger partial charge in [0.2, 0.25) is 0 Å². The van der Waals surface area contributed by atoms with E-state index in [1.165, 1.54) is 4.90 Å². The lowest BCUT2D eigenvalue weighted by Gasteiger charge is -2.16. The van der Waals surface area contributed by atoms with Gasteiger partial charge in [-0.15, -0.1) is 0 Å². The summed E-state index contributed by atoms with van der Waals surface area (Å²) in [5.41, 5.74) is -0.0522. The van der Waals surface area contributed by atoms with Crippen LogP contribution in [0.1, 0.15) is 20.7 Å². The second-order valence-corrected chi connectivity index (χ2v) is 5.27. The molecule has 4 rings (SSSR count). The maximum absolute atomic E-state index is 13.2. The van der Waals surface area contributed by atoms with E-state index in [4.69, 9.17) is 0 Å². The Kier molecular flexibility index (Phi) is 1.97. The first-order chi connectivity index (χ1) is 9.09. The zero-order valence-electron chi connectivity index (χ0n) is 9.82. The van der Waals surface area contributed by atoms with Gasteiger partial charge in [-0.05, 0) is 24.0 Å². The molecule has 0 bridgehead atoms. The van der Waals surface area contributed by atoms with Crippen molar-refractivity contribution in [3.8, 4) is 0 Å². The minimum absolute atomic E-state index is 0.0261. The Bertz CT molecular complexity index is 580. The lowest BCUT2D eigenvalue weighted by Crippen LogP contribution is -2.37. The van der Waals surface area contributed by atoms with Crippen LogP contribution < -0.4 is 5.32 Å². The molecular formula is C13H10F2N2O2. The number of halogens is 2. The number of amides is 2. The first-order valence-electron chi connectivity index (χ1n) is 6.17. The Balaban J connectivity index is 1.74. The molecule has 1 aromatic carbocycles. The van der Waals surface area contributed by atoms with Gasteiger partial charge in [-0.1, -0.05) is 0 Å². The Morgan fingerprint density at radius 2 is 1.47 bits per heavy atom. The molecule has 98 valence electrons. The van der Waals surface area contributed by atoms with Crippen LogP contribution in [0, 0.1) is 23.5 Å². The molecule has 19 heavy (non-hydrogen) atoms. The number of rotatable bonds is 1. The molecule has 6 heteroatoms. The fourth-order valence-electron chi connectivity index (χ4n) is 3.29. The largest absolute Gasteiger partial charge is 0.316 e. The maximum Gasteiger partial charge on any atom is 0.261 e. The SMILES string of the molecule is O=C1c2cc(F)c(F)cc2C(=O)N1C1C2CNCC21. The highest BCUT2D eigenvalue weighted by Gasteiger charge is 2.60. The molecule has 4 nitrogen and oxygen atoms in total. The van der Waals surface area contributed by atoms with Gasteiger partial charge in [0.05, 0.1) is 11.1 Å². The first-order valence-corrected chi connectivity index (χ1v) is 6.17. The van der Waals surface area contributed by atoms with Gasteiger partial charge in [0.15, 0.2) is 11.6 Å². The molecule has 0 aromatic heterocycles. The second kappa shape index (κ2) is 3.39. The average molecular weight is 264 g/mol. The topological polar surface area (TPSA) is 49.4 Å². The molecule has 1 aliphatic carbocycles. The number of hydrogen-bond donors (Lipinski definition) is 1. The number of carbonyl (C=O) groups excluding carboxylic acids is 2. The molecule has 2 heterocycles. The monoisotopic (exact) mass is 264 g/mol. The van der Waals surface area contributed by atoms with Crippen LogP contribution in [0.3, 0.4) is 0 Å². The quantitative estimate of drug-likeness (QED) is 0.762. The third-order valence-electron chi connectivity index (χ3n) is 4.30. The van der Waals surface area contributed by atoms with E-state index in [1.807, 2.05) is 0 Å². The van der Waals surface area contributed by atoms with Crippen LogP contribution in [0.2, 0.25) is 0 Å². The van der Waals surface area contributed by atoms with E-state index in [1.54, 1.807) is 0 Å². The number of carbonyl (C=O) groups is 2. The van der Waals surface area contributed by atoms with Crippen LogP contribution in [-0.2, 0) is 0 Å². The molecule has 1 aromatic rings. The van der Waals surface area contributed by atoms with Crippen molar-refractivity contribution in [2.75, 3.05) is 13.1 Å². The predicted octanol–water partition coefficient (Wildman–Crippen LogP) is 0.779. The first kappa shape index (κ1) is 11.0. The molecule has 2 fully saturated rings. The number of hydrogen-bond acceptors (Lipinski definition) is 3. The Hall–Kier alpha value is -1.82. The minimum Gasteiger partial charge on any atom is -0.316 e. The van der Waals surface area contributed by atoms with Gasteiger partial charge in [-0.3, -0.25) is 14.5 Å². The fourth-order valence-corrected chi connectivity index (χ4v) is 3.29. The standard InChI is InChI=1S/C13H10F2N2O2/c14-9-1-5-6(2-10(9)15)13(19)17(12(5)18)11-7-3-16-4-8(7)11/h1-2,7-8,11,16H,3-4H2. The summed E-state index contributed by atoms with van der Waals surface area (Å²) < 4.78 is 26.4. The van der Waals surface area contributed by atoms with E-state index < -0.39 is 23.4 Å². The predicted molar refractivity (Wildman–Crippen MR) is 60.5 cm³/mol. The average Bonchev–Trinajstić information content (AvgIpc) is 2.76. The van der Waals surface area contributed by atoms with Crippen molar-refractivity contribution in [1.29, 1.82) is 0 Å². The number of nitrogens with zero attached hydrogens (tertiary/aromatic N) is 1. The van der Waals surface area contributed by atoms with Crippen LogP contribution in [0.4, 0.5) is 8.78 Å². The van der Waals surface area contributed by atoms with E-state index in [2.05, 4.69) is 5.32 Å². The smallest absolute Gasteiger partial charge is 0.261 e. The van der Waals surface area contributed by atoms with E-state index in [9.17, 15) is 18.4 Å². The van der Waals surface area contributed by atoms with Crippen LogP contribution in [0.5, 0.6) is 0 Å². The van der Waals surface area contributed by atoms with E-state index >= 15 is 0 Å². The van der Waals surface area contributed by atoms with Crippen LogP contribution in [-0.4, -0.2) is 35.8 Å². The Labute approximate surface area is 107 Å². The van der Waals surface area contributed by atoms with Gasteiger partial charge >= 0.3 is 0 Å². The number of nitrogens with one attached hydrogen (secondary N) is 1. The summed E-state index contributed by atoms with van der Waals surface area (Å²) in [5, 5.41) is 3.18.